The third kappa shape index (κ3) is 3.36. The van der Waals surface area contributed by atoms with Gasteiger partial charge in [0, 0.05) is 11.9 Å². The van der Waals surface area contributed by atoms with Crippen LogP contribution in [0, 0.1) is 6.92 Å². The molecule has 2 rings (SSSR count). The van der Waals surface area contributed by atoms with Gasteiger partial charge in [0.25, 0.3) is 0 Å². The highest BCUT2D eigenvalue weighted by Gasteiger charge is 2.38. The largest absolute Gasteiger partial charge is 0.301 e. The molecule has 0 spiro atoms. The number of rotatable bonds is 5. The average Bonchev–Trinajstić information content (AvgIpc) is 2.98. The molecular formula is C12H19N3O3S2. The first kappa shape index (κ1) is 15.4. The van der Waals surface area contributed by atoms with E-state index in [1.54, 1.807) is 0 Å². The second-order valence-corrected chi connectivity index (χ2v) is 7.77. The van der Waals surface area contributed by atoms with E-state index >= 15 is 0 Å². The monoisotopic (exact) mass is 317 g/mol. The Morgan fingerprint density at radius 1 is 1.60 bits per heavy atom. The zero-order valence-corrected chi connectivity index (χ0v) is 13.3. The quantitative estimate of drug-likeness (QED) is 0.894. The summed E-state index contributed by atoms with van der Waals surface area (Å²) in [4.78, 5) is 16.4. The lowest BCUT2D eigenvalue weighted by atomic mass is 10.2. The van der Waals surface area contributed by atoms with E-state index in [0.717, 1.165) is 12.1 Å². The van der Waals surface area contributed by atoms with E-state index < -0.39 is 16.1 Å². The minimum Gasteiger partial charge on any atom is -0.301 e. The number of nitrogens with one attached hydrogen (secondary N) is 1. The number of hydrogen-bond acceptors (Lipinski definition) is 5. The number of anilines is 1. The Morgan fingerprint density at radius 3 is 2.95 bits per heavy atom. The first-order chi connectivity index (χ1) is 9.44. The van der Waals surface area contributed by atoms with E-state index in [0.29, 0.717) is 24.5 Å². The highest BCUT2D eigenvalue weighted by molar-refractivity contribution is 7.89. The van der Waals surface area contributed by atoms with Gasteiger partial charge < -0.3 is 5.32 Å². The predicted octanol–water partition coefficient (Wildman–Crippen LogP) is 1.59. The molecule has 6 nitrogen and oxygen atoms in total. The van der Waals surface area contributed by atoms with Crippen LogP contribution in [0.25, 0.3) is 0 Å². The minimum atomic E-state index is -3.34. The highest BCUT2D eigenvalue weighted by Crippen LogP contribution is 2.24. The molecule has 1 aliphatic rings. The van der Waals surface area contributed by atoms with Crippen molar-refractivity contribution in [3.8, 4) is 0 Å². The molecule has 1 amide bonds. The number of thiazole rings is 1. The number of aromatic nitrogens is 1. The predicted molar refractivity (Wildman–Crippen MR) is 79.3 cm³/mol. The molecule has 0 aliphatic carbocycles. The number of sulfonamides is 1. The Bertz CT molecular complexity index is 583. The molecule has 112 valence electrons. The molecule has 1 aliphatic heterocycles. The molecule has 1 aromatic heterocycles. The molecule has 1 N–H and O–H groups in total. The average molecular weight is 317 g/mol. The van der Waals surface area contributed by atoms with E-state index in [9.17, 15) is 13.2 Å². The van der Waals surface area contributed by atoms with Gasteiger partial charge in [0.2, 0.25) is 15.9 Å². The van der Waals surface area contributed by atoms with Crippen molar-refractivity contribution in [1.82, 2.24) is 9.29 Å². The van der Waals surface area contributed by atoms with Crippen molar-refractivity contribution in [3.05, 3.63) is 11.1 Å². The first-order valence-corrected chi connectivity index (χ1v) is 9.15. The number of aryl methyl sites for hydroxylation is 1. The topological polar surface area (TPSA) is 79.4 Å². The normalized spacial score (nSPS) is 20.2. The molecule has 1 saturated heterocycles. The third-order valence-corrected chi connectivity index (χ3v) is 6.13. The van der Waals surface area contributed by atoms with Crippen LogP contribution in [0.1, 0.15) is 31.9 Å². The van der Waals surface area contributed by atoms with Crippen molar-refractivity contribution in [1.29, 1.82) is 0 Å². The summed E-state index contributed by atoms with van der Waals surface area (Å²) in [5.41, 5.74) is 0.840. The molecule has 0 saturated carbocycles. The summed E-state index contributed by atoms with van der Waals surface area (Å²) in [5, 5.41) is 5.07. The van der Waals surface area contributed by atoms with Gasteiger partial charge in [-0.05, 0) is 26.2 Å². The fraction of sp³-hybridized carbons (Fsp3) is 0.667. The molecule has 1 aromatic rings. The van der Waals surface area contributed by atoms with Crippen LogP contribution in [0.3, 0.4) is 0 Å². The Morgan fingerprint density at radius 2 is 2.35 bits per heavy atom. The van der Waals surface area contributed by atoms with Crippen molar-refractivity contribution in [2.24, 2.45) is 0 Å². The molecular weight excluding hydrogens is 298 g/mol. The summed E-state index contributed by atoms with van der Waals surface area (Å²) in [6.07, 6.45) is 1.84. The van der Waals surface area contributed by atoms with E-state index in [2.05, 4.69) is 10.3 Å². The van der Waals surface area contributed by atoms with Gasteiger partial charge in [0.15, 0.2) is 5.13 Å². The van der Waals surface area contributed by atoms with Crippen LogP contribution in [0.4, 0.5) is 5.13 Å². The van der Waals surface area contributed by atoms with Crippen LogP contribution in [-0.4, -0.2) is 42.0 Å². The number of amides is 1. The summed E-state index contributed by atoms with van der Waals surface area (Å²) < 4.78 is 25.6. The van der Waals surface area contributed by atoms with E-state index in [1.165, 1.54) is 15.6 Å². The minimum absolute atomic E-state index is 0.0904. The second kappa shape index (κ2) is 6.19. The van der Waals surface area contributed by atoms with Crippen molar-refractivity contribution < 1.29 is 13.2 Å². The van der Waals surface area contributed by atoms with Gasteiger partial charge in [0.05, 0.1) is 11.4 Å². The van der Waals surface area contributed by atoms with Gasteiger partial charge in [-0.2, -0.15) is 4.31 Å². The van der Waals surface area contributed by atoms with Crippen molar-refractivity contribution in [3.63, 3.8) is 0 Å². The smallest absolute Gasteiger partial charge is 0.244 e. The number of hydrogen-bond donors (Lipinski definition) is 1. The Kier molecular flexibility index (Phi) is 4.77. The van der Waals surface area contributed by atoms with Gasteiger partial charge in [0.1, 0.15) is 6.04 Å². The van der Waals surface area contributed by atoms with Gasteiger partial charge in [-0.1, -0.05) is 6.92 Å². The number of carbonyl (C=O) groups is 1. The van der Waals surface area contributed by atoms with Gasteiger partial charge in [-0.25, -0.2) is 13.4 Å². The fourth-order valence-electron chi connectivity index (χ4n) is 2.31. The summed E-state index contributed by atoms with van der Waals surface area (Å²) in [6.45, 7) is 4.10. The molecule has 1 atom stereocenters. The lowest BCUT2D eigenvalue weighted by Crippen LogP contribution is -2.44. The third-order valence-electron chi connectivity index (χ3n) is 3.17. The van der Waals surface area contributed by atoms with E-state index in [1.807, 2.05) is 19.2 Å². The van der Waals surface area contributed by atoms with Crippen molar-refractivity contribution in [2.75, 3.05) is 17.6 Å². The zero-order chi connectivity index (χ0) is 14.8. The van der Waals surface area contributed by atoms with Gasteiger partial charge in [-0.15, -0.1) is 11.3 Å². The molecule has 0 aromatic carbocycles. The summed E-state index contributed by atoms with van der Waals surface area (Å²) in [5.74, 6) is -0.191. The second-order valence-electron chi connectivity index (χ2n) is 4.87. The summed E-state index contributed by atoms with van der Waals surface area (Å²) in [6, 6.07) is -0.601. The molecule has 1 fully saturated rings. The molecule has 20 heavy (non-hydrogen) atoms. The fourth-order valence-corrected chi connectivity index (χ4v) is 4.75. The van der Waals surface area contributed by atoms with Crippen LogP contribution in [0.5, 0.6) is 0 Å². The zero-order valence-electron chi connectivity index (χ0n) is 11.6. The Hall–Kier alpha value is -0.990. The van der Waals surface area contributed by atoms with Crippen LogP contribution < -0.4 is 5.32 Å². The Balaban J connectivity index is 2.08. The first-order valence-electron chi connectivity index (χ1n) is 6.66. The van der Waals surface area contributed by atoms with Crippen LogP contribution >= 0.6 is 11.3 Å². The maximum Gasteiger partial charge on any atom is 0.244 e. The van der Waals surface area contributed by atoms with Crippen LogP contribution in [0.15, 0.2) is 5.38 Å². The van der Waals surface area contributed by atoms with E-state index in [-0.39, 0.29) is 11.7 Å². The van der Waals surface area contributed by atoms with Crippen LogP contribution in [-0.2, 0) is 14.8 Å². The maximum atomic E-state index is 12.2. The van der Waals surface area contributed by atoms with Gasteiger partial charge in [-0.3, -0.25) is 4.79 Å². The molecule has 0 radical (unpaired) electrons. The van der Waals surface area contributed by atoms with E-state index in [4.69, 9.17) is 0 Å². The summed E-state index contributed by atoms with van der Waals surface area (Å²) >= 11 is 1.34. The molecule has 8 heteroatoms. The van der Waals surface area contributed by atoms with Gasteiger partial charge >= 0.3 is 0 Å². The van der Waals surface area contributed by atoms with Crippen molar-refractivity contribution in [2.45, 2.75) is 39.2 Å². The highest BCUT2D eigenvalue weighted by atomic mass is 32.2. The molecule has 2 heterocycles. The lowest BCUT2D eigenvalue weighted by Gasteiger charge is -2.22. The number of carbonyl (C=O) groups excluding carboxylic acids is 1. The maximum absolute atomic E-state index is 12.2. The Labute approximate surface area is 123 Å². The van der Waals surface area contributed by atoms with Crippen molar-refractivity contribution >= 4 is 32.4 Å². The SMILES string of the molecule is CCCS(=O)(=O)N1CCCC1C(=O)Nc1nc(C)cs1. The number of nitrogens with zero attached hydrogens (tertiary/aromatic N) is 2. The molecule has 0 bridgehead atoms. The standard InChI is InChI=1S/C12H19N3O3S2/c1-3-7-20(17,18)15-6-4-5-10(15)11(16)14-12-13-9(2)8-19-12/h8,10H,3-7H2,1-2H3,(H,13,14,16). The van der Waals surface area contributed by atoms with Crippen LogP contribution in [0.2, 0.25) is 0 Å². The lowest BCUT2D eigenvalue weighted by molar-refractivity contribution is -0.119. The summed E-state index contributed by atoms with van der Waals surface area (Å²) in [7, 11) is -3.34. The molecule has 1 unspecified atom stereocenters.